The molecule has 18 nitrogen and oxygen atoms in total. The monoisotopic (exact) mass is 725 g/mol. The van der Waals surface area contributed by atoms with E-state index in [1.807, 2.05) is 0 Å². The summed E-state index contributed by atoms with van der Waals surface area (Å²) in [6.07, 6.45) is -0.470. The van der Waals surface area contributed by atoms with E-state index in [2.05, 4.69) is 15.6 Å². The number of nitrogen functional groups attached to an aromatic ring is 1. The number of hydrazine groups is 1. The number of hydrogen-bond acceptors (Lipinski definition) is 14. The lowest BCUT2D eigenvalue weighted by Gasteiger charge is -2.40. The second kappa shape index (κ2) is 12.3. The second-order valence-corrected chi connectivity index (χ2v) is 14.2. The number of Topliss-reactive ketones (excluding diaryl/α,β-unsaturated/α-hetero) is 1. The number of rotatable bonds is 11. The van der Waals surface area contributed by atoms with Gasteiger partial charge in [0.05, 0.1) is 41.0 Å². The van der Waals surface area contributed by atoms with Crippen LogP contribution in [-0.4, -0.2) is 116 Å². The van der Waals surface area contributed by atoms with Crippen LogP contribution in [0.2, 0.25) is 5.02 Å². The molecule has 1 aromatic heterocycles. The molecule has 3 aliphatic heterocycles. The molecule has 5 rings (SSSR count). The van der Waals surface area contributed by atoms with E-state index in [0.717, 1.165) is 45.1 Å². The number of nitrogens with two attached hydrogens (primary N) is 1. The zero-order valence-electron chi connectivity index (χ0n) is 25.2. The fraction of sp³-hybridized carbons (Fsp3) is 0.407. The molecule has 0 bridgehead atoms. The van der Waals surface area contributed by atoms with E-state index in [9.17, 15) is 49.2 Å². The van der Waals surface area contributed by atoms with Crippen LogP contribution < -0.4 is 11.2 Å². The van der Waals surface area contributed by atoms with Crippen molar-refractivity contribution in [3.05, 3.63) is 33.8 Å². The Morgan fingerprint density at radius 2 is 1.92 bits per heavy atom. The van der Waals surface area contributed by atoms with Gasteiger partial charge in [0.25, 0.3) is 5.91 Å². The summed E-state index contributed by atoms with van der Waals surface area (Å²) in [4.78, 5) is 87.0. The van der Waals surface area contributed by atoms with Crippen molar-refractivity contribution in [2.24, 2.45) is 11.1 Å². The van der Waals surface area contributed by atoms with Gasteiger partial charge < -0.3 is 35.9 Å². The average Bonchev–Trinajstić information content (AvgIpc) is 3.68. The number of amides is 4. The van der Waals surface area contributed by atoms with Crippen molar-refractivity contribution in [2.75, 3.05) is 18.8 Å². The number of phenolic OH excluding ortho intramolecular Hbond substituents is 2. The molecule has 256 valence electrons. The van der Waals surface area contributed by atoms with Crippen LogP contribution in [0, 0.1) is 5.92 Å². The highest BCUT2D eigenvalue weighted by molar-refractivity contribution is 8.02. The van der Waals surface area contributed by atoms with Gasteiger partial charge in [-0.25, -0.2) is 24.4 Å². The maximum Gasteiger partial charge on any atom is 0.350 e. The number of ketones is 1. The van der Waals surface area contributed by atoms with Gasteiger partial charge in [-0.2, -0.15) is 0 Å². The van der Waals surface area contributed by atoms with Crippen LogP contribution in [0.5, 0.6) is 11.5 Å². The number of benzene rings is 1. The summed E-state index contributed by atoms with van der Waals surface area (Å²) in [5.41, 5.74) is 5.57. The van der Waals surface area contributed by atoms with Gasteiger partial charge in [-0.05, 0) is 32.9 Å². The van der Waals surface area contributed by atoms with Crippen LogP contribution in [0.25, 0.3) is 0 Å². The van der Waals surface area contributed by atoms with E-state index in [4.69, 9.17) is 22.2 Å². The van der Waals surface area contributed by atoms with Crippen LogP contribution >= 0.6 is 34.7 Å². The summed E-state index contributed by atoms with van der Waals surface area (Å²) in [5.74, 6) is -7.37. The number of β-lactam (4-membered cyclic amide) rings is 1. The number of aromatic nitrogens is 1. The number of carbonyl (C=O) groups is 6. The van der Waals surface area contributed by atoms with Crippen molar-refractivity contribution in [3.8, 4) is 11.5 Å². The molecule has 21 heteroatoms. The average molecular weight is 726 g/mol. The number of hydrogen-bond donors (Lipinski definition) is 6. The molecule has 3 aliphatic rings. The van der Waals surface area contributed by atoms with E-state index >= 15 is 0 Å². The normalized spacial score (nSPS) is 24.0. The zero-order valence-corrected chi connectivity index (χ0v) is 27.6. The summed E-state index contributed by atoms with van der Waals surface area (Å²) in [6, 6.07) is 0.457. The van der Waals surface area contributed by atoms with Crippen molar-refractivity contribution in [1.29, 1.82) is 0 Å². The van der Waals surface area contributed by atoms with E-state index in [-0.39, 0.29) is 28.6 Å². The predicted octanol–water partition coefficient (Wildman–Crippen LogP) is 1.12. The highest BCUT2D eigenvalue weighted by Gasteiger charge is 2.67. The first kappa shape index (κ1) is 34.5. The number of fused-ring (bicyclic) bond motifs is 1. The first-order valence-corrected chi connectivity index (χ1v) is 16.1. The Kier molecular flexibility index (Phi) is 8.86. The quantitative estimate of drug-likeness (QED) is 0.0821. The van der Waals surface area contributed by atoms with E-state index in [0.29, 0.717) is 0 Å². The molecule has 4 heterocycles. The van der Waals surface area contributed by atoms with Gasteiger partial charge in [0.15, 0.2) is 28.1 Å². The van der Waals surface area contributed by atoms with Crippen LogP contribution in [0.1, 0.15) is 43.2 Å². The number of thioether (sulfide) groups is 1. The molecule has 4 atom stereocenters. The second-order valence-electron chi connectivity index (χ2n) is 11.6. The lowest BCUT2D eigenvalue weighted by atomic mass is 9.90. The van der Waals surface area contributed by atoms with Crippen molar-refractivity contribution in [2.45, 2.75) is 49.1 Å². The van der Waals surface area contributed by atoms with Crippen LogP contribution in [-0.2, 0) is 24.0 Å². The summed E-state index contributed by atoms with van der Waals surface area (Å²) in [5, 5.41) is 44.1. The number of carboxylic acids is 2. The molecule has 7 N–H and O–H groups in total. The molecule has 4 amide bonds. The number of halogens is 1. The summed E-state index contributed by atoms with van der Waals surface area (Å²) in [6.45, 7) is 3.39. The summed E-state index contributed by atoms with van der Waals surface area (Å²) in [7, 11) is 0. The number of carboxylic acid groups (broad SMARTS) is 2. The van der Waals surface area contributed by atoms with E-state index in [1.165, 1.54) is 24.1 Å². The number of nitrogens with one attached hydrogen (secondary N) is 1. The third kappa shape index (κ3) is 5.79. The molecule has 0 radical (unpaired) electrons. The predicted molar refractivity (Wildman–Crippen MR) is 168 cm³/mol. The maximum absolute atomic E-state index is 13.6. The van der Waals surface area contributed by atoms with Gasteiger partial charge in [0.2, 0.25) is 16.4 Å². The minimum Gasteiger partial charge on any atom is -0.504 e. The van der Waals surface area contributed by atoms with E-state index < -0.39 is 92.9 Å². The highest BCUT2D eigenvalue weighted by Crippen LogP contribution is 2.53. The Bertz CT molecular complexity index is 1790. The van der Waals surface area contributed by atoms with Gasteiger partial charge in [-0.3, -0.25) is 24.7 Å². The number of nitrogens with zero attached hydrogens (tertiary/aromatic N) is 5. The van der Waals surface area contributed by atoms with E-state index in [1.54, 1.807) is 6.92 Å². The molecular formula is C27H28ClN7O11S2. The van der Waals surface area contributed by atoms with Gasteiger partial charge in [0, 0.05) is 11.8 Å². The fourth-order valence-corrected chi connectivity index (χ4v) is 7.87. The molecule has 0 saturated carbocycles. The molecule has 0 spiro atoms. The molecule has 0 unspecified atom stereocenters. The fourth-order valence-electron chi connectivity index (χ4n) is 5.31. The molecule has 48 heavy (non-hydrogen) atoms. The minimum atomic E-state index is -2.00. The van der Waals surface area contributed by atoms with Crippen LogP contribution in [0.3, 0.4) is 0 Å². The Morgan fingerprint density at radius 3 is 2.52 bits per heavy atom. The topological polar surface area (TPSA) is 266 Å². The van der Waals surface area contributed by atoms with Crippen LogP contribution in [0.15, 0.2) is 22.7 Å². The lowest BCUT2D eigenvalue weighted by Crippen LogP contribution is -2.61. The van der Waals surface area contributed by atoms with Crippen molar-refractivity contribution < 1.29 is 54.0 Å². The molecule has 3 fully saturated rings. The van der Waals surface area contributed by atoms with Crippen molar-refractivity contribution >= 4 is 81.1 Å². The SMILES string of the molecule is C[C@@H]1CN(NC(=O)c2ccc(O)c(O)c2Cl)C(=O)N1[C@]1(C(=O)O)CN2C(=O)[C@@H](CC(=O)/C(=N\OC(C)(C)C(=O)O)c3csc(N)n3)[C@H]2S1. The Morgan fingerprint density at radius 1 is 1.23 bits per heavy atom. The summed E-state index contributed by atoms with van der Waals surface area (Å²) >= 11 is 7.75. The van der Waals surface area contributed by atoms with Crippen molar-refractivity contribution in [1.82, 2.24) is 25.2 Å². The summed E-state index contributed by atoms with van der Waals surface area (Å²) < 4.78 is 0. The molecule has 3 saturated heterocycles. The molecule has 1 aromatic carbocycles. The molecule has 2 aromatic rings. The first-order chi connectivity index (χ1) is 22.4. The maximum atomic E-state index is 13.6. The zero-order chi connectivity index (χ0) is 35.5. The number of urea groups is 1. The molecule has 0 aliphatic carbocycles. The third-order valence-electron chi connectivity index (χ3n) is 7.89. The van der Waals surface area contributed by atoms with Gasteiger partial charge in [-0.15, -0.1) is 11.3 Å². The smallest absolute Gasteiger partial charge is 0.350 e. The highest BCUT2D eigenvalue weighted by atomic mass is 35.5. The number of thiazole rings is 1. The van der Waals surface area contributed by atoms with Crippen molar-refractivity contribution in [3.63, 3.8) is 0 Å². The Hall–Kier alpha value is -4.82. The number of aromatic hydroxyl groups is 2. The molecular weight excluding hydrogens is 698 g/mol. The van der Waals surface area contributed by atoms with Crippen LogP contribution in [0.4, 0.5) is 9.93 Å². The first-order valence-electron chi connectivity index (χ1n) is 14.0. The lowest BCUT2D eigenvalue weighted by molar-refractivity contribution is -0.161. The Balaban J connectivity index is 1.34. The van der Waals surface area contributed by atoms with Gasteiger partial charge in [-0.1, -0.05) is 28.5 Å². The number of anilines is 1. The number of aliphatic carboxylic acids is 2. The Labute approximate surface area is 284 Å². The number of carbonyl (C=O) groups excluding carboxylic acids is 4. The number of oxime groups is 1. The third-order valence-corrected chi connectivity index (χ3v) is 10.7. The largest absolute Gasteiger partial charge is 0.504 e. The number of phenols is 2. The minimum absolute atomic E-state index is 0.00583. The van der Waals surface area contributed by atoms with Gasteiger partial charge in [0.1, 0.15) is 5.69 Å². The van der Waals surface area contributed by atoms with Gasteiger partial charge >= 0.3 is 18.0 Å². The standard InChI is InChI=1S/C27H28ClN7O11S2/c1-10-7-34(31-19(39)11-4-5-14(36)18(38)16(11)28)25(45)35(10)27(23(43)44)9-33-20(40)12(21(33)48-27)6-15(37)17(13-8-47-24(29)30-13)32-46-26(2,3)22(41)42/h4-5,8,10,12,21,36,38H,6-7,9H2,1-3H3,(H2,29,30)(H,31,39)(H,41,42)(H,43,44)/b32-17-/t10-,12-,21-,27-/m1/s1.